The lowest BCUT2D eigenvalue weighted by molar-refractivity contribution is -0.129. The fourth-order valence-corrected chi connectivity index (χ4v) is 5.37. The number of nitrogens with one attached hydrogen (secondary N) is 1. The first-order valence-corrected chi connectivity index (χ1v) is 9.16. The molecule has 1 aromatic rings. The molecule has 3 fully saturated rings. The largest absolute Gasteiger partial charge is 0.373 e. The van der Waals surface area contributed by atoms with Crippen molar-refractivity contribution >= 4 is 17.2 Å². The molecule has 0 aromatic carbocycles. The number of carbonyl (C=O) groups is 1. The van der Waals surface area contributed by atoms with Crippen molar-refractivity contribution in [3.63, 3.8) is 0 Å². The Morgan fingerprint density at radius 3 is 2.76 bits per heavy atom. The highest BCUT2D eigenvalue weighted by Gasteiger charge is 2.46. The molecule has 114 valence electrons. The zero-order valence-electron chi connectivity index (χ0n) is 12.3. The molecule has 2 aliphatic heterocycles. The van der Waals surface area contributed by atoms with Crippen LogP contribution in [0.1, 0.15) is 56.2 Å². The lowest BCUT2D eigenvalue weighted by Gasteiger charge is -2.36. The molecule has 0 spiro atoms. The number of hydrogen-bond donors (Lipinski definition) is 1. The molecule has 3 atom stereocenters. The zero-order valence-corrected chi connectivity index (χ0v) is 13.2. The van der Waals surface area contributed by atoms with Crippen molar-refractivity contribution in [1.29, 1.82) is 0 Å². The van der Waals surface area contributed by atoms with Crippen LogP contribution in [-0.4, -0.2) is 24.2 Å². The smallest absolute Gasteiger partial charge is 0.231 e. The number of fused-ring (bicyclic) bond motifs is 2. The topological polar surface area (TPSA) is 38.3 Å². The Morgan fingerprint density at radius 1 is 1.29 bits per heavy atom. The molecule has 0 radical (unpaired) electrons. The van der Waals surface area contributed by atoms with Gasteiger partial charge in [0.15, 0.2) is 0 Å². The molecule has 21 heavy (non-hydrogen) atoms. The molecule has 4 heteroatoms. The Morgan fingerprint density at radius 2 is 2.14 bits per heavy atom. The first kappa shape index (κ1) is 13.8. The van der Waals surface area contributed by atoms with Crippen molar-refractivity contribution in [3.8, 4) is 0 Å². The van der Waals surface area contributed by atoms with E-state index in [0.29, 0.717) is 6.10 Å². The number of amides is 1. The molecule has 0 unspecified atom stereocenters. The van der Waals surface area contributed by atoms with E-state index in [2.05, 4.69) is 22.8 Å². The van der Waals surface area contributed by atoms with Crippen LogP contribution < -0.4 is 5.32 Å². The third kappa shape index (κ3) is 2.33. The van der Waals surface area contributed by atoms with Gasteiger partial charge in [0.1, 0.15) is 0 Å². The molecule has 3 nitrogen and oxygen atoms in total. The molecule has 1 aromatic heterocycles. The maximum absolute atomic E-state index is 13.1. The number of rotatable bonds is 3. The Balaban J connectivity index is 1.54. The second-order valence-corrected chi connectivity index (χ2v) is 7.76. The van der Waals surface area contributed by atoms with Crippen molar-refractivity contribution in [1.82, 2.24) is 5.32 Å². The zero-order chi connectivity index (χ0) is 14.3. The van der Waals surface area contributed by atoms with E-state index < -0.39 is 0 Å². The van der Waals surface area contributed by atoms with Crippen LogP contribution in [0.3, 0.4) is 0 Å². The molecule has 2 saturated heterocycles. The molecule has 4 rings (SSSR count). The molecule has 1 aliphatic carbocycles. The minimum Gasteiger partial charge on any atom is -0.373 e. The Bertz CT molecular complexity index is 507. The predicted octanol–water partition coefficient (Wildman–Crippen LogP) is 3.39. The fourth-order valence-electron chi connectivity index (χ4n) is 4.39. The quantitative estimate of drug-likeness (QED) is 0.929. The SMILES string of the molecule is O=C(N[C@@H]1C[C@@H]2CC[C@@H]1O2)C1(c2cccs2)CCCCC1. The van der Waals surface area contributed by atoms with Crippen LogP contribution in [0.5, 0.6) is 0 Å². The van der Waals surface area contributed by atoms with E-state index in [4.69, 9.17) is 4.74 Å². The van der Waals surface area contributed by atoms with E-state index in [1.54, 1.807) is 11.3 Å². The number of thiophene rings is 1. The van der Waals surface area contributed by atoms with Crippen molar-refractivity contribution in [2.45, 2.75) is 75.0 Å². The average Bonchev–Trinajstić information content (AvgIpc) is 3.25. The highest BCUT2D eigenvalue weighted by Crippen LogP contribution is 2.43. The van der Waals surface area contributed by atoms with Gasteiger partial charge in [0, 0.05) is 4.88 Å². The first-order chi connectivity index (χ1) is 10.3. The molecule has 1 N–H and O–H groups in total. The minimum absolute atomic E-state index is 0.245. The van der Waals surface area contributed by atoms with E-state index in [1.807, 2.05) is 0 Å². The van der Waals surface area contributed by atoms with Crippen LogP contribution in [0, 0.1) is 0 Å². The summed E-state index contributed by atoms with van der Waals surface area (Å²) in [4.78, 5) is 14.3. The number of hydrogen-bond acceptors (Lipinski definition) is 3. The van der Waals surface area contributed by atoms with E-state index in [9.17, 15) is 4.79 Å². The van der Waals surface area contributed by atoms with Gasteiger partial charge in [0.25, 0.3) is 0 Å². The van der Waals surface area contributed by atoms with E-state index in [1.165, 1.54) is 30.6 Å². The Hall–Kier alpha value is -0.870. The molecule has 3 heterocycles. The summed E-state index contributed by atoms with van der Waals surface area (Å²) in [6.45, 7) is 0. The minimum atomic E-state index is -0.270. The van der Waals surface area contributed by atoms with Crippen LogP contribution in [0.25, 0.3) is 0 Å². The molecule has 1 saturated carbocycles. The standard InChI is InChI=1S/C17H23NO2S/c19-16(18-13-11-12-6-7-14(13)20-12)17(8-2-1-3-9-17)15-5-4-10-21-15/h4-5,10,12-14H,1-3,6-9,11H2,(H,18,19)/t12-,13+,14-/m0/s1. The third-order valence-electron chi connectivity index (χ3n) is 5.56. The highest BCUT2D eigenvalue weighted by atomic mass is 32.1. The van der Waals surface area contributed by atoms with Crippen molar-refractivity contribution < 1.29 is 9.53 Å². The summed E-state index contributed by atoms with van der Waals surface area (Å²) in [7, 11) is 0. The second-order valence-electron chi connectivity index (χ2n) is 6.81. The van der Waals surface area contributed by atoms with Crippen molar-refractivity contribution in [3.05, 3.63) is 22.4 Å². The van der Waals surface area contributed by atoms with Crippen LogP contribution >= 0.6 is 11.3 Å². The second kappa shape index (κ2) is 5.40. The van der Waals surface area contributed by atoms with Gasteiger partial charge in [0.2, 0.25) is 5.91 Å². The third-order valence-corrected chi connectivity index (χ3v) is 6.63. The van der Waals surface area contributed by atoms with Gasteiger partial charge in [-0.3, -0.25) is 4.79 Å². The number of carbonyl (C=O) groups excluding carboxylic acids is 1. The molecule has 1 amide bonds. The molecule has 2 bridgehead atoms. The molecular weight excluding hydrogens is 282 g/mol. The fraction of sp³-hybridized carbons (Fsp3) is 0.706. The van der Waals surface area contributed by atoms with E-state index >= 15 is 0 Å². The summed E-state index contributed by atoms with van der Waals surface area (Å²) in [5.41, 5.74) is -0.270. The highest BCUT2D eigenvalue weighted by molar-refractivity contribution is 7.10. The van der Waals surface area contributed by atoms with Crippen LogP contribution in [0.15, 0.2) is 17.5 Å². The maximum atomic E-state index is 13.1. The van der Waals surface area contributed by atoms with Gasteiger partial charge in [-0.05, 0) is 43.6 Å². The average molecular weight is 305 g/mol. The van der Waals surface area contributed by atoms with Gasteiger partial charge in [-0.15, -0.1) is 11.3 Å². The van der Waals surface area contributed by atoms with Gasteiger partial charge >= 0.3 is 0 Å². The lowest BCUT2D eigenvalue weighted by Crippen LogP contribution is -2.51. The van der Waals surface area contributed by atoms with Crippen LogP contribution in [0.2, 0.25) is 0 Å². The first-order valence-electron chi connectivity index (χ1n) is 8.28. The molecule has 3 aliphatic rings. The summed E-state index contributed by atoms with van der Waals surface area (Å²) in [6, 6.07) is 4.46. The van der Waals surface area contributed by atoms with Crippen LogP contribution in [0.4, 0.5) is 0 Å². The summed E-state index contributed by atoms with van der Waals surface area (Å²) in [6.07, 6.45) is 9.55. The van der Waals surface area contributed by atoms with Gasteiger partial charge in [0.05, 0.1) is 23.7 Å². The maximum Gasteiger partial charge on any atom is 0.231 e. The summed E-state index contributed by atoms with van der Waals surface area (Å²) in [5, 5.41) is 5.45. The van der Waals surface area contributed by atoms with Gasteiger partial charge in [-0.25, -0.2) is 0 Å². The summed E-state index contributed by atoms with van der Waals surface area (Å²) < 4.78 is 5.88. The Kier molecular flexibility index (Phi) is 3.54. The van der Waals surface area contributed by atoms with Crippen LogP contribution in [-0.2, 0) is 14.9 Å². The Labute approximate surface area is 130 Å². The van der Waals surface area contributed by atoms with E-state index in [-0.39, 0.29) is 23.5 Å². The van der Waals surface area contributed by atoms with Crippen molar-refractivity contribution in [2.75, 3.05) is 0 Å². The van der Waals surface area contributed by atoms with Gasteiger partial charge in [-0.1, -0.05) is 25.3 Å². The van der Waals surface area contributed by atoms with Gasteiger partial charge in [-0.2, -0.15) is 0 Å². The summed E-state index contributed by atoms with van der Waals surface area (Å²) >= 11 is 1.74. The monoisotopic (exact) mass is 305 g/mol. The van der Waals surface area contributed by atoms with Crippen molar-refractivity contribution in [2.24, 2.45) is 0 Å². The number of ether oxygens (including phenoxy) is 1. The molecular formula is C17H23NO2S. The van der Waals surface area contributed by atoms with Gasteiger partial charge < -0.3 is 10.1 Å². The lowest BCUT2D eigenvalue weighted by atomic mass is 9.72. The van der Waals surface area contributed by atoms with E-state index in [0.717, 1.165) is 25.7 Å². The summed E-state index contributed by atoms with van der Waals surface area (Å²) in [5.74, 6) is 0.255. The predicted molar refractivity (Wildman–Crippen MR) is 83.5 cm³/mol. The normalized spacial score (nSPS) is 34.0.